The van der Waals surface area contributed by atoms with Gasteiger partial charge in [-0.1, -0.05) is 17.7 Å². The standard InChI is InChI=1S/C13H17NO3S/c1-8-2-3-12-9(4-8)5-10(17-12)6-18-7-11(14)13(15)16/h2-4,10-11H,5-7,14H2,1H3,(H,15,16)/t10?,11-/m0/s1. The maximum absolute atomic E-state index is 10.6. The van der Waals surface area contributed by atoms with E-state index in [1.54, 1.807) is 0 Å². The molecule has 0 saturated heterocycles. The van der Waals surface area contributed by atoms with Crippen molar-refractivity contribution < 1.29 is 14.6 Å². The summed E-state index contributed by atoms with van der Waals surface area (Å²) in [6.07, 6.45) is 1.03. The van der Waals surface area contributed by atoms with Gasteiger partial charge in [-0.15, -0.1) is 0 Å². The van der Waals surface area contributed by atoms with Gasteiger partial charge in [0.1, 0.15) is 17.9 Å². The zero-order valence-corrected chi connectivity index (χ0v) is 11.1. The quantitative estimate of drug-likeness (QED) is 0.844. The van der Waals surface area contributed by atoms with E-state index in [0.717, 1.165) is 17.9 Å². The average Bonchev–Trinajstić information content (AvgIpc) is 2.70. The van der Waals surface area contributed by atoms with Gasteiger partial charge in [0.2, 0.25) is 0 Å². The molecule has 1 unspecified atom stereocenters. The van der Waals surface area contributed by atoms with Crippen LogP contribution in [0.5, 0.6) is 5.75 Å². The predicted molar refractivity (Wildman–Crippen MR) is 72.2 cm³/mol. The molecular formula is C13H17NO3S. The van der Waals surface area contributed by atoms with Gasteiger partial charge >= 0.3 is 5.97 Å². The van der Waals surface area contributed by atoms with Crippen LogP contribution in [0, 0.1) is 6.92 Å². The van der Waals surface area contributed by atoms with Crippen LogP contribution in [-0.2, 0) is 11.2 Å². The Kier molecular flexibility index (Phi) is 4.14. The SMILES string of the molecule is Cc1ccc2c(c1)CC(CSC[C@H](N)C(=O)O)O2. The lowest BCUT2D eigenvalue weighted by atomic mass is 10.1. The number of carbonyl (C=O) groups is 1. The molecule has 2 atom stereocenters. The molecule has 0 saturated carbocycles. The van der Waals surface area contributed by atoms with Crippen LogP contribution in [0.3, 0.4) is 0 Å². The van der Waals surface area contributed by atoms with Crippen molar-refractivity contribution in [2.24, 2.45) is 5.73 Å². The van der Waals surface area contributed by atoms with Crippen molar-refractivity contribution >= 4 is 17.7 Å². The Morgan fingerprint density at radius 3 is 3.17 bits per heavy atom. The van der Waals surface area contributed by atoms with E-state index >= 15 is 0 Å². The van der Waals surface area contributed by atoms with Gasteiger partial charge in [-0.3, -0.25) is 4.79 Å². The topological polar surface area (TPSA) is 72.6 Å². The summed E-state index contributed by atoms with van der Waals surface area (Å²) in [5, 5.41) is 8.68. The lowest BCUT2D eigenvalue weighted by molar-refractivity contribution is -0.137. The second-order valence-electron chi connectivity index (χ2n) is 4.54. The Morgan fingerprint density at radius 2 is 2.44 bits per heavy atom. The maximum atomic E-state index is 10.6. The predicted octanol–water partition coefficient (Wildman–Crippen LogP) is 1.44. The van der Waals surface area contributed by atoms with Crippen molar-refractivity contribution in [2.45, 2.75) is 25.5 Å². The molecule has 1 aromatic carbocycles. The van der Waals surface area contributed by atoms with Crippen molar-refractivity contribution in [1.82, 2.24) is 0 Å². The van der Waals surface area contributed by atoms with E-state index in [4.69, 9.17) is 15.6 Å². The smallest absolute Gasteiger partial charge is 0.321 e. The monoisotopic (exact) mass is 267 g/mol. The van der Waals surface area contributed by atoms with Crippen LogP contribution >= 0.6 is 11.8 Å². The lowest BCUT2D eigenvalue weighted by Gasteiger charge is -2.11. The second-order valence-corrected chi connectivity index (χ2v) is 5.61. The molecule has 18 heavy (non-hydrogen) atoms. The lowest BCUT2D eigenvalue weighted by Crippen LogP contribution is -2.33. The number of ether oxygens (including phenoxy) is 1. The Bertz CT molecular complexity index is 450. The minimum Gasteiger partial charge on any atom is -0.489 e. The van der Waals surface area contributed by atoms with Gasteiger partial charge in [-0.05, 0) is 18.6 Å². The van der Waals surface area contributed by atoms with Crippen LogP contribution in [0.4, 0.5) is 0 Å². The number of rotatable bonds is 5. The molecule has 1 aliphatic heterocycles. The third kappa shape index (κ3) is 3.17. The van der Waals surface area contributed by atoms with Crippen molar-refractivity contribution in [3.05, 3.63) is 29.3 Å². The van der Waals surface area contributed by atoms with Crippen molar-refractivity contribution in [3.63, 3.8) is 0 Å². The van der Waals surface area contributed by atoms with Gasteiger partial charge in [0, 0.05) is 17.9 Å². The summed E-state index contributed by atoms with van der Waals surface area (Å²) < 4.78 is 5.80. The first-order chi connectivity index (χ1) is 8.56. The zero-order valence-electron chi connectivity index (χ0n) is 10.3. The first-order valence-corrected chi connectivity index (χ1v) is 7.04. The summed E-state index contributed by atoms with van der Waals surface area (Å²) in [4.78, 5) is 10.6. The fourth-order valence-corrected chi connectivity index (χ4v) is 2.92. The number of aliphatic carboxylic acids is 1. The molecule has 2 rings (SSSR count). The van der Waals surface area contributed by atoms with Gasteiger partial charge in [-0.25, -0.2) is 0 Å². The Hall–Kier alpha value is -1.20. The summed E-state index contributed by atoms with van der Waals surface area (Å²) in [6.45, 7) is 2.06. The number of thioether (sulfide) groups is 1. The molecule has 98 valence electrons. The molecule has 0 aromatic heterocycles. The van der Waals surface area contributed by atoms with Crippen molar-refractivity contribution in [2.75, 3.05) is 11.5 Å². The van der Waals surface area contributed by atoms with Crippen LogP contribution in [0.2, 0.25) is 0 Å². The van der Waals surface area contributed by atoms with Crippen LogP contribution in [0.25, 0.3) is 0 Å². The number of carboxylic acid groups (broad SMARTS) is 1. The molecule has 1 heterocycles. The number of aryl methyl sites for hydroxylation is 1. The van der Waals surface area contributed by atoms with Gasteiger partial charge < -0.3 is 15.6 Å². The molecule has 0 aliphatic carbocycles. The van der Waals surface area contributed by atoms with Crippen LogP contribution in [-0.4, -0.2) is 34.7 Å². The number of carboxylic acids is 1. The van der Waals surface area contributed by atoms with E-state index in [1.165, 1.54) is 22.9 Å². The molecule has 3 N–H and O–H groups in total. The molecule has 0 radical (unpaired) electrons. The maximum Gasteiger partial charge on any atom is 0.321 e. The van der Waals surface area contributed by atoms with Gasteiger partial charge in [0.25, 0.3) is 0 Å². The highest BCUT2D eigenvalue weighted by Crippen LogP contribution is 2.30. The third-order valence-corrected chi connectivity index (χ3v) is 4.08. The third-order valence-electron chi connectivity index (χ3n) is 2.88. The Morgan fingerprint density at radius 1 is 1.67 bits per heavy atom. The second kappa shape index (κ2) is 5.63. The first kappa shape index (κ1) is 13.2. The van der Waals surface area contributed by atoms with E-state index in [2.05, 4.69) is 13.0 Å². The summed E-state index contributed by atoms with van der Waals surface area (Å²) in [7, 11) is 0. The van der Waals surface area contributed by atoms with Crippen LogP contribution in [0.1, 0.15) is 11.1 Å². The molecule has 1 aromatic rings. The van der Waals surface area contributed by atoms with Crippen molar-refractivity contribution in [3.8, 4) is 5.75 Å². The van der Waals surface area contributed by atoms with Crippen LogP contribution in [0.15, 0.2) is 18.2 Å². The molecule has 4 nitrogen and oxygen atoms in total. The fraction of sp³-hybridized carbons (Fsp3) is 0.462. The Labute approximate surface area is 111 Å². The van der Waals surface area contributed by atoms with Gasteiger partial charge in [-0.2, -0.15) is 11.8 Å². The minimum atomic E-state index is -0.950. The van der Waals surface area contributed by atoms with E-state index < -0.39 is 12.0 Å². The van der Waals surface area contributed by atoms with E-state index in [9.17, 15) is 4.79 Å². The van der Waals surface area contributed by atoms with Gasteiger partial charge in [0.15, 0.2) is 0 Å². The van der Waals surface area contributed by atoms with Crippen LogP contribution < -0.4 is 10.5 Å². The summed E-state index contributed by atoms with van der Waals surface area (Å²) in [5.41, 5.74) is 7.92. The highest BCUT2D eigenvalue weighted by Gasteiger charge is 2.23. The average molecular weight is 267 g/mol. The highest BCUT2D eigenvalue weighted by molar-refractivity contribution is 7.99. The van der Waals surface area contributed by atoms with E-state index in [0.29, 0.717) is 5.75 Å². The number of hydrogen-bond donors (Lipinski definition) is 2. The Balaban J connectivity index is 1.80. The summed E-state index contributed by atoms with van der Waals surface area (Å²) >= 11 is 1.53. The molecule has 0 bridgehead atoms. The number of benzene rings is 1. The molecular weight excluding hydrogens is 250 g/mol. The molecule has 0 amide bonds. The highest BCUT2D eigenvalue weighted by atomic mass is 32.2. The number of nitrogens with two attached hydrogens (primary N) is 1. The number of fused-ring (bicyclic) bond motifs is 1. The normalized spacial score (nSPS) is 19.1. The first-order valence-electron chi connectivity index (χ1n) is 5.88. The largest absolute Gasteiger partial charge is 0.489 e. The van der Waals surface area contributed by atoms with Gasteiger partial charge in [0.05, 0.1) is 0 Å². The fourth-order valence-electron chi connectivity index (χ4n) is 1.94. The van der Waals surface area contributed by atoms with E-state index in [1.807, 2.05) is 12.1 Å². The molecule has 0 spiro atoms. The number of hydrogen-bond acceptors (Lipinski definition) is 4. The minimum absolute atomic E-state index is 0.132. The molecule has 5 heteroatoms. The van der Waals surface area contributed by atoms with Crippen molar-refractivity contribution in [1.29, 1.82) is 0 Å². The summed E-state index contributed by atoms with van der Waals surface area (Å²) in [5.74, 6) is 1.20. The zero-order chi connectivity index (χ0) is 13.1. The molecule has 1 aliphatic rings. The molecule has 0 fully saturated rings. The summed E-state index contributed by atoms with van der Waals surface area (Å²) in [6, 6.07) is 5.39. The van der Waals surface area contributed by atoms with E-state index in [-0.39, 0.29) is 6.10 Å².